The quantitative estimate of drug-likeness (QED) is 0.142. The van der Waals surface area contributed by atoms with Gasteiger partial charge in [-0.25, -0.2) is 25.3 Å². The van der Waals surface area contributed by atoms with Gasteiger partial charge in [0.25, 0.3) is 0 Å². The van der Waals surface area contributed by atoms with Crippen LogP contribution in [0, 0.1) is 142 Å². The van der Waals surface area contributed by atoms with Crippen molar-refractivity contribution in [2.45, 2.75) is 453 Å². The summed E-state index contributed by atoms with van der Waals surface area (Å²) in [5.74, 6) is 10.0. The van der Waals surface area contributed by atoms with E-state index in [-0.39, 0.29) is 184 Å². The Kier molecular flexibility index (Phi) is 27.7. The summed E-state index contributed by atoms with van der Waals surface area (Å²) in [6, 6.07) is 0. The minimum Gasteiger partial charge on any atom is -0.748 e. The third-order valence-electron chi connectivity index (χ3n) is 42.6. The van der Waals surface area contributed by atoms with E-state index in [0.29, 0.717) is 144 Å². The first kappa shape index (κ1) is 94.7. The van der Waals surface area contributed by atoms with Gasteiger partial charge in [-0.05, 0) is 278 Å². The van der Waals surface area contributed by atoms with Crippen LogP contribution in [0.15, 0.2) is 0 Å². The van der Waals surface area contributed by atoms with Crippen molar-refractivity contribution in [1.29, 1.82) is 0 Å². The van der Waals surface area contributed by atoms with Crippen LogP contribution in [0.5, 0.6) is 0 Å². The molecule has 24 N–H and O–H groups in total. The Morgan fingerprint density at radius 3 is 0.323 bits per heavy atom. The van der Waals surface area contributed by atoms with Crippen molar-refractivity contribution < 1.29 is 58.4 Å². The van der Waals surface area contributed by atoms with Crippen LogP contribution in [-0.4, -0.2) is 203 Å². The molecular formula is C96H165N24O9RuS3. The van der Waals surface area contributed by atoms with Crippen molar-refractivity contribution in [2.75, 3.05) is 0 Å². The van der Waals surface area contributed by atoms with Crippen LogP contribution >= 0.6 is 0 Å². The van der Waals surface area contributed by atoms with Gasteiger partial charge in [-0.2, -0.15) is 0 Å². The fourth-order valence-electron chi connectivity index (χ4n) is 37.0. The summed E-state index contributed by atoms with van der Waals surface area (Å²) in [4.78, 5) is 0. The molecule has 51 atom stereocenters. The van der Waals surface area contributed by atoms with E-state index >= 15 is 0 Å². The van der Waals surface area contributed by atoms with Crippen LogP contribution in [0.25, 0.3) is 0 Å². The molecule has 27 rings (SSSR count). The molecule has 1 radical (unpaired) electrons. The number of nitrogens with one attached hydrogen (secondary N) is 24. The van der Waals surface area contributed by atoms with Gasteiger partial charge in [0.1, 0.15) is 0 Å². The average Bonchev–Trinajstić information content (AvgIpc) is 1.60. The molecule has 51 unspecified atom stereocenters. The Morgan fingerprint density at radius 2 is 0.218 bits per heavy atom. The SMILES string of the molecule is O=S(=O)([O-])C1CCCC2C3NC4NC(NC5NC(NC6NC(NC(N3)C21)C1CCCCC61)C1CCCCC51)C1CCCCC41.O=S(=O)([O-])C1CCCC2C3NC4NC(NC5NC(NC6NC(NC(N3)C21)C1CCCCC61)C1CCCCC51)C1CCCCC41.O=S(=O)([O-])C1CCCC2C3NC4NC(NC5NC(NC6NC(NC(N3)C21)C1CCCCC61)C1CCCCC51)C1CCCCC41.[Ru+3]. The minimum absolute atomic E-state index is 0. The molecule has 0 aromatic carbocycles. The zero-order chi connectivity index (χ0) is 88.7. The number of hydrogen-bond donors (Lipinski definition) is 24. The molecule has 133 heavy (non-hydrogen) atoms. The van der Waals surface area contributed by atoms with Crippen molar-refractivity contribution in [1.82, 2.24) is 128 Å². The standard InChI is InChI=1S/3C32H56N8O3S.Ru/c3*41-44(42,43)23-15-7-14-22-24(23)32-39-30-21-13-6-5-12-20(21)28(37-30)35-26-17-9-2-1-8-16(17)25(33-26)34-27-18-10-3-4-11-19(18)29(36-27)38-31(22)40-32;/h3*16-40H,1-15H2,(H,41,42,43);/q;;;+3/p-3. The first-order chi connectivity index (χ1) is 64.3. The molecular weight excluding hydrogens is 1830 g/mol. The van der Waals surface area contributed by atoms with Gasteiger partial charge >= 0.3 is 19.5 Å². The van der Waals surface area contributed by atoms with E-state index in [0.717, 1.165) is 38.5 Å². The maximum absolute atomic E-state index is 12.7. The summed E-state index contributed by atoms with van der Waals surface area (Å²) >= 11 is 0. The molecule has 12 saturated carbocycles. The summed E-state index contributed by atoms with van der Waals surface area (Å²) in [5.41, 5.74) is 0. The maximum atomic E-state index is 12.7. The molecule has 0 amide bonds. The van der Waals surface area contributed by atoms with Crippen LogP contribution < -0.4 is 128 Å². The van der Waals surface area contributed by atoms with Gasteiger partial charge in [0.05, 0.1) is 194 Å². The summed E-state index contributed by atoms with van der Waals surface area (Å²) in [6.45, 7) is 0. The summed E-state index contributed by atoms with van der Waals surface area (Å²) in [6.07, 6.45) is 55.5. The Balaban J connectivity index is 0.000000109. The molecule has 27 aliphatic rings. The molecule has 37 heteroatoms. The largest absolute Gasteiger partial charge is 3.00 e. The van der Waals surface area contributed by atoms with Crippen molar-refractivity contribution in [3.05, 3.63) is 0 Å². The molecule has 749 valence electrons. The van der Waals surface area contributed by atoms with Gasteiger partial charge in [0.2, 0.25) is 0 Å². The summed E-state index contributed by atoms with van der Waals surface area (Å²) in [5, 5.41) is 94.6. The fourth-order valence-corrected chi connectivity index (χ4v) is 40.6. The average molecular weight is 2000 g/mol. The number of rotatable bonds is 3. The monoisotopic (exact) mass is 2000 g/mol. The summed E-state index contributed by atoms with van der Waals surface area (Å²) in [7, 11) is -13.2. The van der Waals surface area contributed by atoms with E-state index in [9.17, 15) is 38.9 Å². The van der Waals surface area contributed by atoms with Crippen LogP contribution in [0.2, 0.25) is 0 Å². The minimum atomic E-state index is -4.41. The Morgan fingerprint density at radius 1 is 0.128 bits per heavy atom. The zero-order valence-electron chi connectivity index (χ0n) is 78.5. The first-order valence-electron chi connectivity index (χ1n) is 55.4. The predicted molar refractivity (Wildman–Crippen MR) is 498 cm³/mol. The molecule has 27 fully saturated rings. The van der Waals surface area contributed by atoms with Gasteiger partial charge in [-0.1, -0.05) is 135 Å². The van der Waals surface area contributed by atoms with Crippen LogP contribution in [0.1, 0.15) is 289 Å². The van der Waals surface area contributed by atoms with E-state index in [4.69, 9.17) is 0 Å². The zero-order valence-corrected chi connectivity index (χ0v) is 82.7. The number of hydrogen-bond acceptors (Lipinski definition) is 33. The van der Waals surface area contributed by atoms with Gasteiger partial charge in [0.15, 0.2) is 0 Å². The second-order valence-corrected chi connectivity index (χ2v) is 53.4. The molecule has 24 bridgehead atoms. The molecule has 33 nitrogen and oxygen atoms in total. The van der Waals surface area contributed by atoms with Crippen molar-refractivity contribution in [3.63, 3.8) is 0 Å². The second-order valence-electron chi connectivity index (χ2n) is 48.6. The smallest absolute Gasteiger partial charge is 0.748 e. The van der Waals surface area contributed by atoms with Crippen LogP contribution in [0.3, 0.4) is 0 Å². The second kappa shape index (κ2) is 39.0. The van der Waals surface area contributed by atoms with E-state index in [1.54, 1.807) is 0 Å². The first-order valence-corrected chi connectivity index (χ1v) is 59.8. The number of fused-ring (bicyclic) bond motifs is 60. The third-order valence-corrected chi connectivity index (χ3v) is 46.5. The predicted octanol–water partition coefficient (Wildman–Crippen LogP) is 3.39. The van der Waals surface area contributed by atoms with Gasteiger partial charge in [-0.15, -0.1) is 0 Å². The van der Waals surface area contributed by atoms with Gasteiger partial charge in [-0.3, -0.25) is 128 Å². The van der Waals surface area contributed by atoms with Crippen LogP contribution in [0.4, 0.5) is 0 Å². The van der Waals surface area contributed by atoms with E-state index in [2.05, 4.69) is 128 Å². The Hall–Kier alpha value is -0.607. The maximum Gasteiger partial charge on any atom is 3.00 e. The van der Waals surface area contributed by atoms with Crippen molar-refractivity contribution in [3.8, 4) is 0 Å². The molecule has 12 aliphatic carbocycles. The van der Waals surface area contributed by atoms with E-state index in [1.165, 1.54) is 231 Å². The van der Waals surface area contributed by atoms with Crippen molar-refractivity contribution >= 4 is 30.4 Å². The normalized spacial score (nSPS) is 55.1. The van der Waals surface area contributed by atoms with E-state index < -0.39 is 46.1 Å². The topological polar surface area (TPSA) is 460 Å². The molecule has 15 aliphatic heterocycles. The Labute approximate surface area is 805 Å². The molecule has 0 aromatic heterocycles. The summed E-state index contributed by atoms with van der Waals surface area (Å²) < 4.78 is 114. The molecule has 15 saturated heterocycles. The molecule has 0 spiro atoms. The van der Waals surface area contributed by atoms with Gasteiger partial charge in [0, 0.05) is 17.8 Å². The van der Waals surface area contributed by atoms with E-state index in [1.807, 2.05) is 0 Å². The van der Waals surface area contributed by atoms with Crippen molar-refractivity contribution in [2.24, 2.45) is 142 Å². The fraction of sp³-hybridized carbons (Fsp3) is 1.00. The van der Waals surface area contributed by atoms with Crippen LogP contribution in [-0.2, 0) is 49.8 Å². The Bertz CT molecular complexity index is 3960. The molecule has 15 heterocycles. The third kappa shape index (κ3) is 17.9. The van der Waals surface area contributed by atoms with Gasteiger partial charge < -0.3 is 13.7 Å². The molecule has 0 aromatic rings.